The maximum absolute atomic E-state index is 13.0. The molecule has 0 radical (unpaired) electrons. The Morgan fingerprint density at radius 3 is 2.67 bits per heavy atom. The Morgan fingerprint density at radius 1 is 1.58 bits per heavy atom. The quantitative estimate of drug-likeness (QED) is 0.524. The van der Waals surface area contributed by atoms with Crippen molar-refractivity contribution in [3.05, 3.63) is 27.8 Å². The van der Waals surface area contributed by atoms with Gasteiger partial charge in [-0.2, -0.15) is 0 Å². The zero-order valence-electron chi connectivity index (χ0n) is 6.07. The predicted octanol–water partition coefficient (Wildman–Crippen LogP) is 2.73. The van der Waals surface area contributed by atoms with E-state index in [0.29, 0.717) is 0 Å². The molecular formula is C7H4Cl2FNO. The van der Waals surface area contributed by atoms with Gasteiger partial charge in [0.1, 0.15) is 5.15 Å². The first kappa shape index (κ1) is 9.42. The summed E-state index contributed by atoms with van der Waals surface area (Å²) >= 11 is 10.8. The van der Waals surface area contributed by atoms with Crippen molar-refractivity contribution in [2.45, 2.75) is 6.92 Å². The van der Waals surface area contributed by atoms with E-state index >= 15 is 0 Å². The van der Waals surface area contributed by atoms with E-state index in [0.717, 1.165) is 6.07 Å². The number of hydrogen-bond donors (Lipinski definition) is 0. The number of pyridine rings is 1. The van der Waals surface area contributed by atoms with E-state index in [1.54, 1.807) is 0 Å². The molecule has 2 nitrogen and oxygen atoms in total. The van der Waals surface area contributed by atoms with Gasteiger partial charge in [0, 0.05) is 0 Å². The number of nitrogens with zero attached hydrogens (tertiary/aromatic N) is 1. The van der Waals surface area contributed by atoms with Crippen molar-refractivity contribution in [2.24, 2.45) is 0 Å². The number of hydrogen-bond acceptors (Lipinski definition) is 2. The largest absolute Gasteiger partial charge is 0.294 e. The summed E-state index contributed by atoms with van der Waals surface area (Å²) in [4.78, 5) is 14.2. The van der Waals surface area contributed by atoms with E-state index in [2.05, 4.69) is 4.98 Å². The van der Waals surface area contributed by atoms with E-state index in [9.17, 15) is 9.18 Å². The summed E-state index contributed by atoms with van der Waals surface area (Å²) in [5, 5.41) is -0.376. The minimum atomic E-state index is -0.825. The number of ketones is 1. The summed E-state index contributed by atoms with van der Waals surface area (Å²) in [6.07, 6.45) is 0. The van der Waals surface area contributed by atoms with Gasteiger partial charge in [-0.1, -0.05) is 23.2 Å². The SMILES string of the molecule is CC(=O)c1cc(Cl)nc(Cl)c1F. The molecule has 0 bridgehead atoms. The number of carbonyl (C=O) groups excluding carboxylic acids is 1. The lowest BCUT2D eigenvalue weighted by molar-refractivity contribution is 0.101. The minimum Gasteiger partial charge on any atom is -0.294 e. The third-order valence-corrected chi connectivity index (χ3v) is 1.71. The molecule has 0 aromatic carbocycles. The Balaban J connectivity index is 3.37. The molecule has 1 aromatic rings. The molecule has 1 heterocycles. The number of halogens is 3. The molecule has 1 aromatic heterocycles. The molecule has 0 unspecified atom stereocenters. The standard InChI is InChI=1S/C7H4Cl2FNO/c1-3(12)4-2-5(8)11-7(9)6(4)10/h2H,1H3. The van der Waals surface area contributed by atoms with Crippen molar-refractivity contribution < 1.29 is 9.18 Å². The van der Waals surface area contributed by atoms with Crippen LogP contribution in [0.25, 0.3) is 0 Å². The van der Waals surface area contributed by atoms with Crippen molar-refractivity contribution in [3.63, 3.8) is 0 Å². The van der Waals surface area contributed by atoms with E-state index in [-0.39, 0.29) is 15.9 Å². The lowest BCUT2D eigenvalue weighted by Gasteiger charge is -1.99. The lowest BCUT2D eigenvalue weighted by atomic mass is 10.2. The summed E-state index contributed by atoms with van der Waals surface area (Å²) in [5.41, 5.74) is -0.139. The second-order valence-electron chi connectivity index (χ2n) is 2.15. The molecule has 0 fully saturated rings. The van der Waals surface area contributed by atoms with E-state index in [4.69, 9.17) is 23.2 Å². The Morgan fingerprint density at radius 2 is 2.17 bits per heavy atom. The molecule has 0 amide bonds. The van der Waals surface area contributed by atoms with Gasteiger partial charge in [0.15, 0.2) is 16.8 Å². The Hall–Kier alpha value is -0.670. The third-order valence-electron chi connectivity index (χ3n) is 1.27. The number of aromatic nitrogens is 1. The second-order valence-corrected chi connectivity index (χ2v) is 2.90. The molecule has 5 heteroatoms. The van der Waals surface area contributed by atoms with E-state index in [1.165, 1.54) is 6.92 Å². The summed E-state index contributed by atoms with van der Waals surface area (Å²) in [5.74, 6) is -1.26. The molecule has 12 heavy (non-hydrogen) atoms. The van der Waals surface area contributed by atoms with Gasteiger partial charge in [0.2, 0.25) is 0 Å². The molecule has 0 aliphatic heterocycles. The highest BCUT2D eigenvalue weighted by Gasteiger charge is 2.13. The summed E-state index contributed by atoms with van der Waals surface area (Å²) < 4.78 is 13.0. The first-order valence-corrected chi connectivity index (χ1v) is 3.80. The molecular weight excluding hydrogens is 204 g/mol. The average molecular weight is 208 g/mol. The first-order valence-electron chi connectivity index (χ1n) is 3.05. The monoisotopic (exact) mass is 207 g/mol. The van der Waals surface area contributed by atoms with Crippen molar-refractivity contribution in [1.29, 1.82) is 0 Å². The van der Waals surface area contributed by atoms with Crippen LogP contribution in [-0.2, 0) is 0 Å². The fourth-order valence-corrected chi connectivity index (χ4v) is 1.15. The zero-order chi connectivity index (χ0) is 9.30. The van der Waals surface area contributed by atoms with Gasteiger partial charge in [0.05, 0.1) is 5.56 Å². The molecule has 0 aliphatic carbocycles. The van der Waals surface area contributed by atoms with Crippen LogP contribution in [0, 0.1) is 5.82 Å². The fraction of sp³-hybridized carbons (Fsp3) is 0.143. The second kappa shape index (κ2) is 3.37. The van der Waals surface area contributed by atoms with Gasteiger partial charge in [-0.3, -0.25) is 4.79 Å². The van der Waals surface area contributed by atoms with Crippen molar-refractivity contribution in [3.8, 4) is 0 Å². The van der Waals surface area contributed by atoms with E-state index < -0.39 is 11.6 Å². The van der Waals surface area contributed by atoms with Crippen LogP contribution in [0.1, 0.15) is 17.3 Å². The first-order chi connectivity index (χ1) is 5.52. The molecule has 0 atom stereocenters. The fourth-order valence-electron chi connectivity index (χ4n) is 0.725. The molecule has 1 rings (SSSR count). The number of carbonyl (C=O) groups is 1. The van der Waals surface area contributed by atoms with Crippen LogP contribution >= 0.6 is 23.2 Å². The van der Waals surface area contributed by atoms with Gasteiger partial charge in [-0.15, -0.1) is 0 Å². The minimum absolute atomic E-state index is 0.00611. The van der Waals surface area contributed by atoms with Crippen molar-refractivity contribution >= 4 is 29.0 Å². The van der Waals surface area contributed by atoms with Crippen LogP contribution in [0.4, 0.5) is 4.39 Å². The predicted molar refractivity (Wildman–Crippen MR) is 44.2 cm³/mol. The summed E-state index contributed by atoms with van der Waals surface area (Å²) in [6, 6.07) is 1.14. The highest BCUT2D eigenvalue weighted by atomic mass is 35.5. The van der Waals surface area contributed by atoms with Gasteiger partial charge in [-0.25, -0.2) is 9.37 Å². The summed E-state index contributed by atoms with van der Waals surface area (Å²) in [6.45, 7) is 1.23. The smallest absolute Gasteiger partial charge is 0.171 e. The zero-order valence-corrected chi connectivity index (χ0v) is 7.58. The lowest BCUT2D eigenvalue weighted by Crippen LogP contribution is -1.99. The van der Waals surface area contributed by atoms with Crippen molar-refractivity contribution in [2.75, 3.05) is 0 Å². The molecule has 0 spiro atoms. The number of Topliss-reactive ketones (excluding diaryl/α,β-unsaturated/α-hetero) is 1. The Labute approximate surface area is 78.3 Å². The molecule has 0 saturated carbocycles. The van der Waals surface area contributed by atoms with Gasteiger partial charge < -0.3 is 0 Å². The van der Waals surface area contributed by atoms with Crippen LogP contribution in [0.3, 0.4) is 0 Å². The van der Waals surface area contributed by atoms with Gasteiger partial charge >= 0.3 is 0 Å². The van der Waals surface area contributed by atoms with Crippen LogP contribution < -0.4 is 0 Å². The molecule has 0 aliphatic rings. The van der Waals surface area contributed by atoms with Crippen LogP contribution in [0.5, 0.6) is 0 Å². The Bertz CT molecular complexity index is 340. The van der Waals surface area contributed by atoms with E-state index in [1.807, 2.05) is 0 Å². The molecule has 64 valence electrons. The number of rotatable bonds is 1. The average Bonchev–Trinajstić information content (AvgIpc) is 1.96. The highest BCUT2D eigenvalue weighted by Crippen LogP contribution is 2.20. The Kier molecular flexibility index (Phi) is 2.65. The third kappa shape index (κ3) is 1.73. The normalized spacial score (nSPS) is 10.0. The molecule has 0 saturated heterocycles. The van der Waals surface area contributed by atoms with Crippen LogP contribution in [0.15, 0.2) is 6.07 Å². The van der Waals surface area contributed by atoms with Gasteiger partial charge in [0.25, 0.3) is 0 Å². The van der Waals surface area contributed by atoms with Crippen LogP contribution in [-0.4, -0.2) is 10.8 Å². The molecule has 0 N–H and O–H groups in total. The van der Waals surface area contributed by atoms with Crippen LogP contribution in [0.2, 0.25) is 10.3 Å². The topological polar surface area (TPSA) is 30.0 Å². The maximum Gasteiger partial charge on any atom is 0.171 e. The van der Waals surface area contributed by atoms with Gasteiger partial charge in [-0.05, 0) is 13.0 Å². The maximum atomic E-state index is 13.0. The summed E-state index contributed by atoms with van der Waals surface area (Å²) in [7, 11) is 0. The highest BCUT2D eigenvalue weighted by molar-refractivity contribution is 6.33. The van der Waals surface area contributed by atoms with Crippen molar-refractivity contribution in [1.82, 2.24) is 4.98 Å².